The predicted octanol–water partition coefficient (Wildman–Crippen LogP) is 4.37. The third-order valence-corrected chi connectivity index (χ3v) is 4.59. The van der Waals surface area contributed by atoms with E-state index in [2.05, 4.69) is 0 Å². The number of furan rings is 1. The molecule has 2 heterocycles. The van der Waals surface area contributed by atoms with Gasteiger partial charge in [0.15, 0.2) is 11.5 Å². The number of anilines is 1. The summed E-state index contributed by atoms with van der Waals surface area (Å²) in [4.78, 5) is 27.4. The second-order valence-electron chi connectivity index (χ2n) is 6.40. The molecule has 1 aliphatic rings. The third kappa shape index (κ3) is 2.83. The van der Waals surface area contributed by atoms with E-state index in [0.29, 0.717) is 5.69 Å². The minimum absolute atomic E-state index is 0.0163. The van der Waals surface area contributed by atoms with Crippen LogP contribution in [-0.4, -0.2) is 16.8 Å². The molecule has 1 amide bonds. The first-order chi connectivity index (χ1) is 13.1. The van der Waals surface area contributed by atoms with Crippen LogP contribution in [0, 0.1) is 6.92 Å². The van der Waals surface area contributed by atoms with Gasteiger partial charge in [-0.05, 0) is 42.3 Å². The minimum atomic E-state index is -0.738. The lowest BCUT2D eigenvalue weighted by Gasteiger charge is -2.27. The van der Waals surface area contributed by atoms with Gasteiger partial charge in [0.05, 0.1) is 17.9 Å². The Balaban J connectivity index is 1.89. The van der Waals surface area contributed by atoms with Gasteiger partial charge in [-0.25, -0.2) is 0 Å². The molecule has 1 aromatic heterocycles. The zero-order valence-electron chi connectivity index (χ0n) is 14.6. The molecule has 0 saturated carbocycles. The molecule has 0 radical (unpaired) electrons. The van der Waals surface area contributed by atoms with Crippen molar-refractivity contribution in [3.8, 4) is 0 Å². The fourth-order valence-electron chi connectivity index (χ4n) is 3.37. The number of benzene rings is 2. The Hall–Kier alpha value is -3.60. The predicted molar refractivity (Wildman–Crippen MR) is 101 cm³/mol. The average Bonchev–Trinajstić information content (AvgIpc) is 3.30. The van der Waals surface area contributed by atoms with E-state index in [0.717, 1.165) is 11.1 Å². The highest BCUT2D eigenvalue weighted by molar-refractivity contribution is 6.20. The number of carbonyl (C=O) groups excluding carboxylic acids is 2. The molecule has 134 valence electrons. The molecular formula is C22H17NO4. The van der Waals surface area contributed by atoms with E-state index in [9.17, 15) is 14.7 Å². The number of hydrogen-bond acceptors (Lipinski definition) is 4. The number of aliphatic hydroxyl groups is 1. The van der Waals surface area contributed by atoms with Gasteiger partial charge in [-0.15, -0.1) is 0 Å². The smallest absolute Gasteiger partial charge is 0.294 e. The van der Waals surface area contributed by atoms with Crippen molar-refractivity contribution in [1.29, 1.82) is 0 Å². The molecule has 0 saturated heterocycles. The summed E-state index contributed by atoms with van der Waals surface area (Å²) in [7, 11) is 0. The van der Waals surface area contributed by atoms with Crippen molar-refractivity contribution < 1.29 is 19.1 Å². The Labute approximate surface area is 156 Å². The van der Waals surface area contributed by atoms with Gasteiger partial charge in [-0.3, -0.25) is 14.5 Å². The molecule has 0 spiro atoms. The van der Waals surface area contributed by atoms with Crippen LogP contribution in [0.3, 0.4) is 0 Å². The second kappa shape index (κ2) is 6.61. The van der Waals surface area contributed by atoms with Crippen molar-refractivity contribution in [1.82, 2.24) is 0 Å². The van der Waals surface area contributed by atoms with Gasteiger partial charge in [0.25, 0.3) is 5.91 Å². The van der Waals surface area contributed by atoms with Crippen molar-refractivity contribution in [2.24, 2.45) is 0 Å². The summed E-state index contributed by atoms with van der Waals surface area (Å²) in [6, 6.07) is 18.9. The first-order valence-electron chi connectivity index (χ1n) is 8.54. The SMILES string of the molecule is Cc1cccc(N2C(=O)C(O)=C(C(=O)c3ccco3)[C@@H]2c2ccccc2)c1. The summed E-state index contributed by atoms with van der Waals surface area (Å²) >= 11 is 0. The lowest BCUT2D eigenvalue weighted by Crippen LogP contribution is -2.31. The largest absolute Gasteiger partial charge is 0.503 e. The molecule has 5 heteroatoms. The lowest BCUT2D eigenvalue weighted by atomic mass is 9.95. The Morgan fingerprint density at radius 1 is 1.04 bits per heavy atom. The fourth-order valence-corrected chi connectivity index (χ4v) is 3.37. The molecule has 3 aromatic rings. The molecule has 1 atom stereocenters. The molecule has 0 unspecified atom stereocenters. The molecule has 0 fully saturated rings. The Bertz CT molecular complexity index is 1040. The van der Waals surface area contributed by atoms with Crippen molar-refractivity contribution in [3.05, 3.63) is 101 Å². The first kappa shape index (κ1) is 16.8. The molecule has 27 heavy (non-hydrogen) atoms. The van der Waals surface area contributed by atoms with Gasteiger partial charge in [-0.2, -0.15) is 0 Å². The number of aryl methyl sites for hydroxylation is 1. The van der Waals surface area contributed by atoms with Gasteiger partial charge >= 0.3 is 0 Å². The number of amides is 1. The Morgan fingerprint density at radius 2 is 1.81 bits per heavy atom. The third-order valence-electron chi connectivity index (χ3n) is 4.59. The van der Waals surface area contributed by atoms with E-state index in [1.54, 1.807) is 12.1 Å². The topological polar surface area (TPSA) is 70.8 Å². The Kier molecular flexibility index (Phi) is 4.12. The number of aliphatic hydroxyl groups excluding tert-OH is 1. The number of nitrogens with zero attached hydrogens (tertiary/aromatic N) is 1. The van der Waals surface area contributed by atoms with Crippen LogP contribution in [0.25, 0.3) is 0 Å². The van der Waals surface area contributed by atoms with Crippen molar-refractivity contribution in [2.75, 3.05) is 4.90 Å². The van der Waals surface area contributed by atoms with E-state index in [1.165, 1.54) is 17.2 Å². The van der Waals surface area contributed by atoms with Crippen LogP contribution in [0.1, 0.15) is 27.7 Å². The van der Waals surface area contributed by atoms with Gasteiger partial charge < -0.3 is 9.52 Å². The van der Waals surface area contributed by atoms with Gasteiger partial charge in [0.1, 0.15) is 0 Å². The highest BCUT2D eigenvalue weighted by Crippen LogP contribution is 2.41. The average molecular weight is 359 g/mol. The maximum absolute atomic E-state index is 13.0. The summed E-state index contributed by atoms with van der Waals surface area (Å²) in [5.41, 5.74) is 2.33. The monoisotopic (exact) mass is 359 g/mol. The zero-order chi connectivity index (χ0) is 19.0. The fraction of sp³-hybridized carbons (Fsp3) is 0.0909. The minimum Gasteiger partial charge on any atom is -0.503 e. The van der Waals surface area contributed by atoms with E-state index in [1.807, 2.05) is 55.5 Å². The van der Waals surface area contributed by atoms with Gasteiger partial charge in [-0.1, -0.05) is 42.5 Å². The van der Waals surface area contributed by atoms with E-state index in [4.69, 9.17) is 4.42 Å². The molecule has 5 nitrogen and oxygen atoms in total. The van der Waals surface area contributed by atoms with Gasteiger partial charge in [0.2, 0.25) is 5.78 Å². The van der Waals surface area contributed by atoms with Crippen LogP contribution in [-0.2, 0) is 4.79 Å². The maximum Gasteiger partial charge on any atom is 0.294 e. The summed E-state index contributed by atoms with van der Waals surface area (Å²) in [6.45, 7) is 1.92. The van der Waals surface area contributed by atoms with E-state index < -0.39 is 23.5 Å². The van der Waals surface area contributed by atoms with Crippen LogP contribution in [0.5, 0.6) is 0 Å². The van der Waals surface area contributed by atoms with Crippen molar-refractivity contribution >= 4 is 17.4 Å². The zero-order valence-corrected chi connectivity index (χ0v) is 14.6. The number of rotatable bonds is 4. The van der Waals surface area contributed by atoms with Crippen LogP contribution in [0.4, 0.5) is 5.69 Å². The van der Waals surface area contributed by atoms with Crippen molar-refractivity contribution in [2.45, 2.75) is 13.0 Å². The highest BCUT2D eigenvalue weighted by Gasteiger charge is 2.45. The molecule has 4 rings (SSSR count). The number of ketones is 1. The van der Waals surface area contributed by atoms with Crippen molar-refractivity contribution in [3.63, 3.8) is 0 Å². The van der Waals surface area contributed by atoms with Crippen LogP contribution in [0.15, 0.2) is 88.7 Å². The molecule has 0 aliphatic carbocycles. The highest BCUT2D eigenvalue weighted by atomic mass is 16.3. The quantitative estimate of drug-likeness (QED) is 0.702. The van der Waals surface area contributed by atoms with Crippen LogP contribution >= 0.6 is 0 Å². The standard InChI is InChI=1S/C22H17NO4/c1-14-7-5-10-16(13-14)23-19(15-8-3-2-4-9-15)18(21(25)22(23)26)20(24)17-11-6-12-27-17/h2-13,19,25H,1H3/t19-/m0/s1. The van der Waals surface area contributed by atoms with E-state index in [-0.39, 0.29) is 11.3 Å². The molecular weight excluding hydrogens is 342 g/mol. The summed E-state index contributed by atoms with van der Waals surface area (Å²) in [5.74, 6) is -1.58. The summed E-state index contributed by atoms with van der Waals surface area (Å²) in [5, 5.41) is 10.6. The summed E-state index contributed by atoms with van der Waals surface area (Å²) in [6.07, 6.45) is 1.39. The Morgan fingerprint density at radius 3 is 2.48 bits per heavy atom. The summed E-state index contributed by atoms with van der Waals surface area (Å²) < 4.78 is 5.21. The maximum atomic E-state index is 13.0. The van der Waals surface area contributed by atoms with Crippen LogP contribution in [0.2, 0.25) is 0 Å². The van der Waals surface area contributed by atoms with Gasteiger partial charge in [0, 0.05) is 5.69 Å². The normalized spacial score (nSPS) is 16.9. The second-order valence-corrected chi connectivity index (χ2v) is 6.40. The number of Topliss-reactive ketones (excluding diaryl/α,β-unsaturated/α-hetero) is 1. The van der Waals surface area contributed by atoms with E-state index >= 15 is 0 Å². The number of carbonyl (C=O) groups is 2. The number of hydrogen-bond donors (Lipinski definition) is 1. The lowest BCUT2D eigenvalue weighted by molar-refractivity contribution is -0.117. The molecule has 1 N–H and O–H groups in total. The molecule has 2 aromatic carbocycles. The first-order valence-corrected chi connectivity index (χ1v) is 8.54. The molecule has 0 bridgehead atoms. The molecule has 1 aliphatic heterocycles. The van der Waals surface area contributed by atoms with Crippen LogP contribution < -0.4 is 4.90 Å².